The molecule has 19 heavy (non-hydrogen) atoms. The Morgan fingerprint density at radius 3 is 2.37 bits per heavy atom. The Hall–Kier alpha value is -1.23. The van der Waals surface area contributed by atoms with Crippen LogP contribution in [0.25, 0.3) is 0 Å². The summed E-state index contributed by atoms with van der Waals surface area (Å²) in [7, 11) is 3.96. The van der Waals surface area contributed by atoms with Gasteiger partial charge in [0.25, 0.3) is 0 Å². The van der Waals surface area contributed by atoms with Crippen molar-refractivity contribution in [1.29, 1.82) is 0 Å². The molecule has 4 heteroatoms. The second kappa shape index (κ2) is 6.80. The number of benzene rings is 1. The van der Waals surface area contributed by atoms with Crippen molar-refractivity contribution in [2.75, 3.05) is 46.8 Å². The summed E-state index contributed by atoms with van der Waals surface area (Å²) >= 11 is 0. The van der Waals surface area contributed by atoms with Crippen molar-refractivity contribution >= 4 is 5.78 Å². The van der Waals surface area contributed by atoms with Crippen LogP contribution >= 0.6 is 0 Å². The standard InChI is InChI=1S/C15H23N3O/c1-16-11-15(19)14-5-3-13(4-6-14)12-18-9-7-17(2)8-10-18/h3-6,16H,7-12H2,1-2H3. The van der Waals surface area contributed by atoms with Crippen molar-refractivity contribution in [1.82, 2.24) is 15.1 Å². The van der Waals surface area contributed by atoms with Crippen LogP contribution in [0.4, 0.5) is 0 Å². The van der Waals surface area contributed by atoms with Crippen LogP contribution in [-0.2, 0) is 6.54 Å². The summed E-state index contributed by atoms with van der Waals surface area (Å²) in [4.78, 5) is 16.5. The lowest BCUT2D eigenvalue weighted by Gasteiger charge is -2.32. The molecular weight excluding hydrogens is 238 g/mol. The minimum atomic E-state index is 0.147. The molecule has 2 rings (SSSR count). The third-order valence-electron chi connectivity index (χ3n) is 3.62. The average molecular weight is 261 g/mol. The zero-order chi connectivity index (χ0) is 13.7. The van der Waals surface area contributed by atoms with E-state index in [1.807, 2.05) is 12.1 Å². The first-order valence-corrected chi connectivity index (χ1v) is 6.86. The van der Waals surface area contributed by atoms with Crippen molar-refractivity contribution in [2.45, 2.75) is 6.54 Å². The zero-order valence-corrected chi connectivity index (χ0v) is 11.9. The minimum Gasteiger partial charge on any atom is -0.313 e. The van der Waals surface area contributed by atoms with E-state index in [1.165, 1.54) is 5.56 Å². The lowest BCUT2D eigenvalue weighted by atomic mass is 10.1. The number of nitrogens with one attached hydrogen (secondary N) is 1. The number of piperazine rings is 1. The van der Waals surface area contributed by atoms with Crippen molar-refractivity contribution in [3.05, 3.63) is 35.4 Å². The van der Waals surface area contributed by atoms with Gasteiger partial charge in [0.05, 0.1) is 6.54 Å². The van der Waals surface area contributed by atoms with Gasteiger partial charge in [0.2, 0.25) is 0 Å². The third-order valence-corrected chi connectivity index (χ3v) is 3.62. The molecule has 0 bridgehead atoms. The van der Waals surface area contributed by atoms with Gasteiger partial charge in [0.15, 0.2) is 5.78 Å². The molecule has 0 atom stereocenters. The second-order valence-electron chi connectivity index (χ2n) is 5.23. The van der Waals surface area contributed by atoms with Crippen LogP contribution in [0, 0.1) is 0 Å². The van der Waals surface area contributed by atoms with Gasteiger partial charge in [-0.05, 0) is 19.7 Å². The van der Waals surface area contributed by atoms with E-state index in [2.05, 4.69) is 34.3 Å². The summed E-state index contributed by atoms with van der Waals surface area (Å²) in [6, 6.07) is 8.01. The molecular formula is C15H23N3O. The summed E-state index contributed by atoms with van der Waals surface area (Å²) in [5, 5.41) is 2.89. The first-order valence-electron chi connectivity index (χ1n) is 6.86. The quantitative estimate of drug-likeness (QED) is 0.797. The van der Waals surface area contributed by atoms with Gasteiger partial charge in [-0.3, -0.25) is 9.69 Å². The van der Waals surface area contributed by atoms with Crippen LogP contribution in [-0.4, -0.2) is 62.4 Å². The Bertz CT molecular complexity index is 408. The highest BCUT2D eigenvalue weighted by molar-refractivity contribution is 5.97. The normalized spacial score (nSPS) is 17.6. The molecule has 0 aliphatic carbocycles. The van der Waals surface area contributed by atoms with Gasteiger partial charge in [-0.25, -0.2) is 0 Å². The van der Waals surface area contributed by atoms with E-state index in [1.54, 1.807) is 7.05 Å². The fraction of sp³-hybridized carbons (Fsp3) is 0.533. The maximum absolute atomic E-state index is 11.7. The molecule has 0 radical (unpaired) electrons. The number of hydrogen-bond acceptors (Lipinski definition) is 4. The molecule has 1 aliphatic heterocycles. The number of carbonyl (C=O) groups excluding carboxylic acids is 1. The van der Waals surface area contributed by atoms with Gasteiger partial charge in [0, 0.05) is 38.3 Å². The number of hydrogen-bond donors (Lipinski definition) is 1. The highest BCUT2D eigenvalue weighted by Gasteiger charge is 2.13. The lowest BCUT2D eigenvalue weighted by molar-refractivity contribution is 0.0993. The van der Waals surface area contributed by atoms with Gasteiger partial charge in [-0.2, -0.15) is 0 Å². The number of carbonyl (C=O) groups is 1. The number of Topliss-reactive ketones (excluding diaryl/α,β-unsaturated/α-hetero) is 1. The largest absolute Gasteiger partial charge is 0.313 e. The van der Waals surface area contributed by atoms with Crippen molar-refractivity contribution in [3.63, 3.8) is 0 Å². The Morgan fingerprint density at radius 2 is 1.79 bits per heavy atom. The fourth-order valence-corrected chi connectivity index (χ4v) is 2.32. The predicted molar refractivity (Wildman–Crippen MR) is 77.5 cm³/mol. The Morgan fingerprint density at radius 1 is 1.16 bits per heavy atom. The first-order chi connectivity index (χ1) is 9.19. The molecule has 1 N–H and O–H groups in total. The minimum absolute atomic E-state index is 0.147. The molecule has 0 amide bonds. The molecule has 0 saturated carbocycles. The predicted octanol–water partition coefficient (Wildman–Crippen LogP) is 0.836. The molecule has 1 heterocycles. The molecule has 0 unspecified atom stereocenters. The smallest absolute Gasteiger partial charge is 0.176 e. The van der Waals surface area contributed by atoms with E-state index < -0.39 is 0 Å². The van der Waals surface area contributed by atoms with Crippen molar-refractivity contribution < 1.29 is 4.79 Å². The number of rotatable bonds is 5. The molecule has 104 valence electrons. The molecule has 1 aromatic rings. The Balaban J connectivity index is 1.90. The summed E-state index contributed by atoms with van der Waals surface area (Å²) in [6.45, 7) is 5.90. The maximum atomic E-state index is 11.7. The molecule has 1 aromatic carbocycles. The Labute approximate surface area is 115 Å². The lowest BCUT2D eigenvalue weighted by Crippen LogP contribution is -2.43. The number of likely N-dealkylation sites (N-methyl/N-ethyl adjacent to an activating group) is 2. The highest BCUT2D eigenvalue weighted by atomic mass is 16.1. The Kier molecular flexibility index (Phi) is 5.07. The SMILES string of the molecule is CNCC(=O)c1ccc(CN2CCN(C)CC2)cc1. The third kappa shape index (κ3) is 4.13. The summed E-state index contributed by atoms with van der Waals surface area (Å²) in [6.07, 6.45) is 0. The van der Waals surface area contributed by atoms with Crippen LogP contribution in [0.1, 0.15) is 15.9 Å². The molecule has 0 spiro atoms. The molecule has 1 aliphatic rings. The van der Waals surface area contributed by atoms with Gasteiger partial charge >= 0.3 is 0 Å². The summed E-state index contributed by atoms with van der Waals surface area (Å²) in [5.41, 5.74) is 2.07. The summed E-state index contributed by atoms with van der Waals surface area (Å²) in [5.74, 6) is 0.147. The number of nitrogens with zero attached hydrogens (tertiary/aromatic N) is 2. The van der Waals surface area contributed by atoms with Crippen LogP contribution in [0.5, 0.6) is 0 Å². The van der Waals surface area contributed by atoms with E-state index in [9.17, 15) is 4.79 Å². The van der Waals surface area contributed by atoms with Crippen LogP contribution in [0.3, 0.4) is 0 Å². The fourth-order valence-electron chi connectivity index (χ4n) is 2.32. The molecule has 1 saturated heterocycles. The van der Waals surface area contributed by atoms with E-state index in [0.29, 0.717) is 6.54 Å². The van der Waals surface area contributed by atoms with Gasteiger partial charge in [-0.15, -0.1) is 0 Å². The van der Waals surface area contributed by atoms with E-state index in [4.69, 9.17) is 0 Å². The van der Waals surface area contributed by atoms with Gasteiger partial charge in [-0.1, -0.05) is 24.3 Å². The summed E-state index contributed by atoms with van der Waals surface area (Å²) < 4.78 is 0. The average Bonchev–Trinajstić information content (AvgIpc) is 2.42. The van der Waals surface area contributed by atoms with E-state index >= 15 is 0 Å². The topological polar surface area (TPSA) is 35.6 Å². The molecule has 1 fully saturated rings. The molecule has 0 aromatic heterocycles. The van der Waals surface area contributed by atoms with Crippen molar-refractivity contribution in [3.8, 4) is 0 Å². The maximum Gasteiger partial charge on any atom is 0.176 e. The zero-order valence-electron chi connectivity index (χ0n) is 11.9. The second-order valence-corrected chi connectivity index (χ2v) is 5.23. The van der Waals surface area contributed by atoms with E-state index in [0.717, 1.165) is 38.3 Å². The first kappa shape index (κ1) is 14.2. The van der Waals surface area contributed by atoms with Crippen LogP contribution in [0.15, 0.2) is 24.3 Å². The van der Waals surface area contributed by atoms with Gasteiger partial charge in [0.1, 0.15) is 0 Å². The van der Waals surface area contributed by atoms with Crippen molar-refractivity contribution in [2.24, 2.45) is 0 Å². The van der Waals surface area contributed by atoms with Crippen LogP contribution in [0.2, 0.25) is 0 Å². The molecule has 4 nitrogen and oxygen atoms in total. The van der Waals surface area contributed by atoms with Crippen LogP contribution < -0.4 is 5.32 Å². The van der Waals surface area contributed by atoms with Gasteiger partial charge < -0.3 is 10.2 Å². The van der Waals surface area contributed by atoms with E-state index in [-0.39, 0.29) is 5.78 Å². The number of ketones is 1. The monoisotopic (exact) mass is 261 g/mol. The highest BCUT2D eigenvalue weighted by Crippen LogP contribution is 2.10.